The van der Waals surface area contributed by atoms with Crippen molar-refractivity contribution in [1.29, 1.82) is 0 Å². The van der Waals surface area contributed by atoms with E-state index in [4.69, 9.17) is 0 Å². The molecule has 0 spiro atoms. The average Bonchev–Trinajstić information content (AvgIpc) is 2.87. The zero-order valence-electron chi connectivity index (χ0n) is 12.8. The Bertz CT molecular complexity index is 402. The minimum atomic E-state index is -0.772. The molecule has 3 N–H and O–H groups in total. The van der Waals surface area contributed by atoms with Gasteiger partial charge in [-0.3, -0.25) is 4.79 Å². The molecular formula is C15H26N2O3. The van der Waals surface area contributed by atoms with Crippen LogP contribution < -0.4 is 10.6 Å². The third-order valence-corrected chi connectivity index (χ3v) is 5.15. The molecule has 0 radical (unpaired) electrons. The maximum atomic E-state index is 12.1. The van der Waals surface area contributed by atoms with Crippen LogP contribution in [0.25, 0.3) is 0 Å². The largest absolute Gasteiger partial charge is 0.481 e. The van der Waals surface area contributed by atoms with E-state index in [-0.39, 0.29) is 29.4 Å². The first kappa shape index (κ1) is 15.1. The quantitative estimate of drug-likeness (QED) is 0.742. The third kappa shape index (κ3) is 2.91. The van der Waals surface area contributed by atoms with E-state index in [1.165, 1.54) is 0 Å². The number of urea groups is 1. The van der Waals surface area contributed by atoms with Crippen LogP contribution in [0.4, 0.5) is 4.79 Å². The Morgan fingerprint density at radius 3 is 2.35 bits per heavy atom. The molecule has 2 aliphatic rings. The highest BCUT2D eigenvalue weighted by molar-refractivity contribution is 5.77. The average molecular weight is 282 g/mol. The topological polar surface area (TPSA) is 78.4 Å². The Hall–Kier alpha value is -1.26. The molecule has 5 atom stereocenters. The van der Waals surface area contributed by atoms with Gasteiger partial charge in [-0.15, -0.1) is 0 Å². The number of aliphatic carboxylic acids is 1. The molecule has 5 heteroatoms. The van der Waals surface area contributed by atoms with E-state index in [1.54, 1.807) is 0 Å². The normalized spacial score (nSPS) is 33.8. The van der Waals surface area contributed by atoms with Crippen LogP contribution in [0.3, 0.4) is 0 Å². The van der Waals surface area contributed by atoms with Crippen molar-refractivity contribution < 1.29 is 14.7 Å². The van der Waals surface area contributed by atoms with Gasteiger partial charge in [0.05, 0.1) is 5.92 Å². The second-order valence-corrected chi connectivity index (χ2v) is 7.43. The Morgan fingerprint density at radius 2 is 1.80 bits per heavy atom. The highest BCUT2D eigenvalue weighted by Gasteiger charge is 2.51. The molecular weight excluding hydrogens is 256 g/mol. The van der Waals surface area contributed by atoms with Crippen molar-refractivity contribution in [2.24, 2.45) is 23.2 Å². The zero-order valence-corrected chi connectivity index (χ0v) is 12.8. The predicted molar refractivity (Wildman–Crippen MR) is 76.3 cm³/mol. The van der Waals surface area contributed by atoms with Crippen molar-refractivity contribution in [3.8, 4) is 0 Å². The molecule has 5 unspecified atom stereocenters. The Morgan fingerprint density at radius 1 is 1.20 bits per heavy atom. The summed E-state index contributed by atoms with van der Waals surface area (Å²) in [6.45, 7) is 8.16. The third-order valence-electron chi connectivity index (χ3n) is 5.15. The van der Waals surface area contributed by atoms with E-state index >= 15 is 0 Å². The Kier molecular flexibility index (Phi) is 3.98. The second-order valence-electron chi connectivity index (χ2n) is 7.43. The molecule has 0 saturated heterocycles. The minimum Gasteiger partial charge on any atom is -0.481 e. The molecule has 2 saturated carbocycles. The summed E-state index contributed by atoms with van der Waals surface area (Å²) in [7, 11) is 0. The summed E-state index contributed by atoms with van der Waals surface area (Å²) in [6.07, 6.45) is 2.96. The van der Waals surface area contributed by atoms with E-state index in [9.17, 15) is 14.7 Å². The molecule has 0 aromatic carbocycles. The lowest BCUT2D eigenvalue weighted by Gasteiger charge is -2.32. The number of fused-ring (bicyclic) bond motifs is 2. The van der Waals surface area contributed by atoms with Gasteiger partial charge in [0.2, 0.25) is 0 Å². The lowest BCUT2D eigenvalue weighted by atomic mass is 9.84. The fourth-order valence-corrected chi connectivity index (χ4v) is 3.46. The monoisotopic (exact) mass is 282 g/mol. The number of amides is 2. The van der Waals surface area contributed by atoms with Crippen molar-refractivity contribution in [3.05, 3.63) is 0 Å². The molecule has 114 valence electrons. The van der Waals surface area contributed by atoms with Crippen LogP contribution in [-0.2, 0) is 4.79 Å². The summed E-state index contributed by atoms with van der Waals surface area (Å²) in [5, 5.41) is 15.2. The number of rotatable bonds is 3. The highest BCUT2D eigenvalue weighted by atomic mass is 16.4. The van der Waals surface area contributed by atoms with Gasteiger partial charge in [-0.25, -0.2) is 4.79 Å². The van der Waals surface area contributed by atoms with Crippen LogP contribution in [0.15, 0.2) is 0 Å². The standard InChI is InChI=1S/C15H26N2O3/c1-8(15(2,3)4)16-14(20)17-12-10-6-5-9(7-10)11(12)13(18)19/h8-12H,5-7H2,1-4H3,(H,18,19)(H2,16,17,20). The van der Waals surface area contributed by atoms with Crippen molar-refractivity contribution in [1.82, 2.24) is 10.6 Å². The van der Waals surface area contributed by atoms with Gasteiger partial charge >= 0.3 is 12.0 Å². The summed E-state index contributed by atoms with van der Waals surface area (Å²) >= 11 is 0. The van der Waals surface area contributed by atoms with Crippen LogP contribution >= 0.6 is 0 Å². The number of carbonyl (C=O) groups is 2. The first-order chi connectivity index (χ1) is 9.20. The maximum absolute atomic E-state index is 12.1. The lowest BCUT2D eigenvalue weighted by Crippen LogP contribution is -2.53. The number of carboxylic acids is 1. The lowest BCUT2D eigenvalue weighted by molar-refractivity contribution is -0.144. The number of nitrogens with one attached hydrogen (secondary N) is 2. The smallest absolute Gasteiger partial charge is 0.315 e. The van der Waals surface area contributed by atoms with Crippen molar-refractivity contribution in [2.45, 2.75) is 59.0 Å². The molecule has 2 rings (SSSR count). The van der Waals surface area contributed by atoms with Crippen LogP contribution in [0, 0.1) is 23.2 Å². The summed E-state index contributed by atoms with van der Waals surface area (Å²) < 4.78 is 0. The van der Waals surface area contributed by atoms with Gasteiger partial charge < -0.3 is 15.7 Å². The van der Waals surface area contributed by atoms with Gasteiger partial charge in [0.25, 0.3) is 0 Å². The Balaban J connectivity index is 1.95. The summed E-state index contributed by atoms with van der Waals surface area (Å²) in [6, 6.07) is -0.418. The van der Waals surface area contributed by atoms with E-state index in [1.807, 2.05) is 6.92 Å². The van der Waals surface area contributed by atoms with Gasteiger partial charge in [-0.2, -0.15) is 0 Å². The molecule has 20 heavy (non-hydrogen) atoms. The highest BCUT2D eigenvalue weighted by Crippen LogP contribution is 2.48. The number of hydrogen-bond donors (Lipinski definition) is 3. The first-order valence-electron chi connectivity index (χ1n) is 7.50. The molecule has 2 bridgehead atoms. The van der Waals surface area contributed by atoms with E-state index < -0.39 is 11.9 Å². The number of carboxylic acid groups (broad SMARTS) is 1. The van der Waals surface area contributed by atoms with E-state index in [0.717, 1.165) is 19.3 Å². The van der Waals surface area contributed by atoms with E-state index in [2.05, 4.69) is 31.4 Å². The fraction of sp³-hybridized carbons (Fsp3) is 0.867. The van der Waals surface area contributed by atoms with Gasteiger partial charge in [0, 0.05) is 12.1 Å². The van der Waals surface area contributed by atoms with Crippen LogP contribution in [-0.4, -0.2) is 29.2 Å². The van der Waals surface area contributed by atoms with Crippen LogP contribution in [0.1, 0.15) is 47.0 Å². The number of hydrogen-bond acceptors (Lipinski definition) is 2. The van der Waals surface area contributed by atoms with Gasteiger partial charge in [0.15, 0.2) is 0 Å². The van der Waals surface area contributed by atoms with E-state index in [0.29, 0.717) is 5.92 Å². The molecule has 2 aliphatic carbocycles. The molecule has 0 heterocycles. The summed E-state index contributed by atoms with van der Waals surface area (Å²) in [5.41, 5.74) is -0.0157. The SMILES string of the molecule is CC(NC(=O)NC1C2CCC(C2)C1C(=O)O)C(C)(C)C. The van der Waals surface area contributed by atoms with Crippen LogP contribution in [0.5, 0.6) is 0 Å². The molecule has 0 aliphatic heterocycles. The van der Waals surface area contributed by atoms with Gasteiger partial charge in [-0.05, 0) is 43.4 Å². The predicted octanol–water partition coefficient (Wildman–Crippen LogP) is 2.22. The fourth-order valence-electron chi connectivity index (χ4n) is 3.46. The van der Waals surface area contributed by atoms with Crippen LogP contribution in [0.2, 0.25) is 0 Å². The van der Waals surface area contributed by atoms with Crippen molar-refractivity contribution in [2.75, 3.05) is 0 Å². The second kappa shape index (κ2) is 5.26. The molecule has 5 nitrogen and oxygen atoms in total. The van der Waals surface area contributed by atoms with Crippen molar-refractivity contribution in [3.63, 3.8) is 0 Å². The van der Waals surface area contributed by atoms with Gasteiger partial charge in [0.1, 0.15) is 0 Å². The zero-order chi connectivity index (χ0) is 15.1. The summed E-state index contributed by atoms with van der Waals surface area (Å²) in [5.74, 6) is -0.615. The summed E-state index contributed by atoms with van der Waals surface area (Å²) in [4.78, 5) is 23.5. The first-order valence-corrected chi connectivity index (χ1v) is 7.50. The molecule has 2 fully saturated rings. The van der Waals surface area contributed by atoms with Crippen molar-refractivity contribution >= 4 is 12.0 Å². The molecule has 0 aromatic heterocycles. The Labute approximate surface area is 120 Å². The molecule has 0 aromatic rings. The van der Waals surface area contributed by atoms with Gasteiger partial charge in [-0.1, -0.05) is 20.8 Å². The maximum Gasteiger partial charge on any atom is 0.315 e. The molecule has 2 amide bonds. The minimum absolute atomic E-state index is 0.0157. The number of carbonyl (C=O) groups excluding carboxylic acids is 1.